The summed E-state index contributed by atoms with van der Waals surface area (Å²) >= 11 is 0. The molecule has 17 heavy (non-hydrogen) atoms. The summed E-state index contributed by atoms with van der Waals surface area (Å²) in [7, 11) is 2.03. The summed E-state index contributed by atoms with van der Waals surface area (Å²) in [5.74, 6) is 0. The van der Waals surface area contributed by atoms with E-state index < -0.39 is 0 Å². The van der Waals surface area contributed by atoms with E-state index in [1.165, 1.54) is 12.8 Å². The average molecular weight is 243 g/mol. The van der Waals surface area contributed by atoms with Gasteiger partial charge in [-0.15, -0.1) is 0 Å². The normalized spacial score (nSPS) is 14.5. The van der Waals surface area contributed by atoms with E-state index in [0.29, 0.717) is 10.8 Å². The van der Waals surface area contributed by atoms with Crippen molar-refractivity contribution in [3.63, 3.8) is 0 Å². The molecule has 0 amide bonds. The van der Waals surface area contributed by atoms with E-state index in [4.69, 9.17) is 4.84 Å². The van der Waals surface area contributed by atoms with Crippen LogP contribution in [0.25, 0.3) is 0 Å². The zero-order chi connectivity index (χ0) is 13.9. The quantitative estimate of drug-likeness (QED) is 0.659. The van der Waals surface area contributed by atoms with Crippen LogP contribution in [0.2, 0.25) is 0 Å². The second-order valence-corrected chi connectivity index (χ2v) is 8.21. The topological polar surface area (TPSA) is 12.5 Å². The van der Waals surface area contributed by atoms with Gasteiger partial charge in [-0.3, -0.25) is 4.84 Å². The lowest BCUT2D eigenvalue weighted by molar-refractivity contribution is -0.224. The minimum Gasteiger partial charge on any atom is -0.294 e. The van der Waals surface area contributed by atoms with Crippen molar-refractivity contribution in [3.05, 3.63) is 0 Å². The van der Waals surface area contributed by atoms with Crippen LogP contribution in [0.15, 0.2) is 0 Å². The van der Waals surface area contributed by atoms with E-state index in [9.17, 15) is 0 Å². The van der Waals surface area contributed by atoms with E-state index in [1.807, 2.05) is 12.1 Å². The Morgan fingerprint density at radius 2 is 1.29 bits per heavy atom. The van der Waals surface area contributed by atoms with Gasteiger partial charge in [-0.2, -0.15) is 5.06 Å². The molecule has 0 radical (unpaired) electrons. The molecule has 0 bridgehead atoms. The summed E-state index contributed by atoms with van der Waals surface area (Å²) in [5, 5.41) is 1.99. The summed E-state index contributed by atoms with van der Waals surface area (Å²) < 4.78 is 0. The van der Waals surface area contributed by atoms with Gasteiger partial charge in [-0.25, -0.2) is 0 Å². The van der Waals surface area contributed by atoms with E-state index >= 15 is 0 Å². The van der Waals surface area contributed by atoms with Crippen molar-refractivity contribution in [1.29, 1.82) is 0 Å². The van der Waals surface area contributed by atoms with Crippen LogP contribution in [0.5, 0.6) is 0 Å². The van der Waals surface area contributed by atoms with E-state index in [2.05, 4.69) is 55.4 Å². The number of hydrogen-bond acceptors (Lipinski definition) is 2. The largest absolute Gasteiger partial charge is 0.294 e. The molecule has 0 spiro atoms. The Labute approximate surface area is 109 Å². The van der Waals surface area contributed by atoms with Crippen LogP contribution in [-0.2, 0) is 4.84 Å². The Balaban J connectivity index is 4.16. The fourth-order valence-corrected chi connectivity index (χ4v) is 1.90. The minimum atomic E-state index is -0.102. The monoisotopic (exact) mass is 243 g/mol. The van der Waals surface area contributed by atoms with Gasteiger partial charge in [0.1, 0.15) is 0 Å². The lowest BCUT2D eigenvalue weighted by Gasteiger charge is -2.35. The molecule has 0 aromatic heterocycles. The zero-order valence-corrected chi connectivity index (χ0v) is 13.5. The highest BCUT2D eigenvalue weighted by atomic mass is 16.7. The minimum absolute atomic E-state index is 0.102. The van der Waals surface area contributed by atoms with Gasteiger partial charge in [0.05, 0.1) is 5.60 Å². The second-order valence-electron chi connectivity index (χ2n) is 8.21. The standard InChI is InChI=1S/C15H33NO/c1-13(2,3)10-11-15(7,8)12-16(9)17-14(4,5)6/h10-12H2,1-9H3. The summed E-state index contributed by atoms with van der Waals surface area (Å²) in [4.78, 5) is 5.84. The summed E-state index contributed by atoms with van der Waals surface area (Å²) in [5.41, 5.74) is 0.614. The Bertz CT molecular complexity index is 220. The molecule has 0 saturated heterocycles. The predicted molar refractivity (Wildman–Crippen MR) is 75.9 cm³/mol. The zero-order valence-electron chi connectivity index (χ0n) is 13.5. The smallest absolute Gasteiger partial charge is 0.0815 e. The van der Waals surface area contributed by atoms with Crippen LogP contribution in [0, 0.1) is 10.8 Å². The predicted octanol–water partition coefficient (Wildman–Crippen LogP) is 4.50. The third-order valence-corrected chi connectivity index (χ3v) is 2.63. The second kappa shape index (κ2) is 5.71. The maximum atomic E-state index is 5.84. The van der Waals surface area contributed by atoms with Gasteiger partial charge in [0.2, 0.25) is 0 Å². The fraction of sp³-hybridized carbons (Fsp3) is 1.00. The van der Waals surface area contributed by atoms with Crippen molar-refractivity contribution in [3.8, 4) is 0 Å². The first kappa shape index (κ1) is 16.9. The summed E-state index contributed by atoms with van der Waals surface area (Å²) in [6, 6.07) is 0. The van der Waals surface area contributed by atoms with Gasteiger partial charge in [-0.1, -0.05) is 34.6 Å². The molecule has 0 aliphatic carbocycles. The number of hydroxylamine groups is 2. The van der Waals surface area contributed by atoms with Gasteiger partial charge in [0.15, 0.2) is 0 Å². The van der Waals surface area contributed by atoms with Crippen LogP contribution in [0.4, 0.5) is 0 Å². The molecule has 0 atom stereocenters. The van der Waals surface area contributed by atoms with Gasteiger partial charge >= 0.3 is 0 Å². The summed E-state index contributed by atoms with van der Waals surface area (Å²) in [6.45, 7) is 18.8. The Morgan fingerprint density at radius 3 is 1.65 bits per heavy atom. The lowest BCUT2D eigenvalue weighted by Crippen LogP contribution is -2.37. The van der Waals surface area contributed by atoms with Crippen LogP contribution < -0.4 is 0 Å². The molecule has 0 unspecified atom stereocenters. The third-order valence-electron chi connectivity index (χ3n) is 2.63. The summed E-state index contributed by atoms with van der Waals surface area (Å²) in [6.07, 6.45) is 2.48. The number of hydrogen-bond donors (Lipinski definition) is 0. The maximum absolute atomic E-state index is 5.84. The molecule has 0 rings (SSSR count). The molecule has 0 aliphatic rings. The molecule has 0 aromatic rings. The van der Waals surface area contributed by atoms with Crippen LogP contribution in [-0.4, -0.2) is 24.3 Å². The molecule has 2 heteroatoms. The molecule has 2 nitrogen and oxygen atoms in total. The average Bonchev–Trinajstić information content (AvgIpc) is 1.94. The highest BCUT2D eigenvalue weighted by molar-refractivity contribution is 4.74. The molecule has 0 saturated carbocycles. The molecule has 0 heterocycles. The van der Waals surface area contributed by atoms with Crippen LogP contribution >= 0.6 is 0 Å². The van der Waals surface area contributed by atoms with E-state index in [1.54, 1.807) is 0 Å². The SMILES string of the molecule is CN(CC(C)(C)CCC(C)(C)C)OC(C)(C)C. The first-order chi connectivity index (χ1) is 7.31. The first-order valence-corrected chi connectivity index (χ1v) is 6.71. The Kier molecular flexibility index (Phi) is 5.68. The Morgan fingerprint density at radius 1 is 0.824 bits per heavy atom. The number of nitrogens with zero attached hydrogens (tertiary/aromatic N) is 1. The van der Waals surface area contributed by atoms with Crippen molar-refractivity contribution in [2.45, 2.75) is 73.8 Å². The van der Waals surface area contributed by atoms with Gasteiger partial charge < -0.3 is 0 Å². The third kappa shape index (κ3) is 10.8. The van der Waals surface area contributed by atoms with E-state index in [-0.39, 0.29) is 5.60 Å². The molecule has 0 aliphatic heterocycles. The maximum Gasteiger partial charge on any atom is 0.0815 e. The van der Waals surface area contributed by atoms with Gasteiger partial charge in [0.25, 0.3) is 0 Å². The molecular formula is C15H33NO. The highest BCUT2D eigenvalue weighted by Crippen LogP contribution is 2.31. The Hall–Kier alpha value is -0.0800. The molecule has 104 valence electrons. The van der Waals surface area contributed by atoms with Crippen molar-refractivity contribution >= 4 is 0 Å². The van der Waals surface area contributed by atoms with Crippen molar-refractivity contribution in [2.75, 3.05) is 13.6 Å². The molecule has 0 fully saturated rings. The lowest BCUT2D eigenvalue weighted by atomic mass is 9.80. The molecule has 0 N–H and O–H groups in total. The van der Waals surface area contributed by atoms with Crippen molar-refractivity contribution in [2.24, 2.45) is 10.8 Å². The first-order valence-electron chi connectivity index (χ1n) is 6.71. The fourth-order valence-electron chi connectivity index (χ4n) is 1.90. The van der Waals surface area contributed by atoms with Crippen molar-refractivity contribution < 1.29 is 4.84 Å². The van der Waals surface area contributed by atoms with Gasteiger partial charge in [-0.05, 0) is 44.4 Å². The highest BCUT2D eigenvalue weighted by Gasteiger charge is 2.25. The van der Waals surface area contributed by atoms with Gasteiger partial charge in [0, 0.05) is 13.6 Å². The number of rotatable bonds is 5. The van der Waals surface area contributed by atoms with E-state index in [0.717, 1.165) is 6.54 Å². The van der Waals surface area contributed by atoms with Crippen LogP contribution in [0.3, 0.4) is 0 Å². The van der Waals surface area contributed by atoms with Crippen molar-refractivity contribution in [1.82, 2.24) is 5.06 Å². The molecule has 0 aromatic carbocycles. The van der Waals surface area contributed by atoms with Crippen LogP contribution in [0.1, 0.15) is 68.2 Å². The molecular weight excluding hydrogens is 210 g/mol.